The molecule has 1 aromatic carbocycles. The van der Waals surface area contributed by atoms with Crippen LogP contribution in [0.15, 0.2) is 35.3 Å². The summed E-state index contributed by atoms with van der Waals surface area (Å²) in [5.74, 6) is 0.438. The number of halogens is 1. The number of nitrogens with one attached hydrogen (secondary N) is 2. The lowest BCUT2D eigenvalue weighted by Gasteiger charge is -2.19. The molecule has 2 aromatic heterocycles. The summed E-state index contributed by atoms with van der Waals surface area (Å²) in [5, 5.41) is 7.70. The second kappa shape index (κ2) is 6.54. The molecule has 0 radical (unpaired) electrons. The van der Waals surface area contributed by atoms with Gasteiger partial charge >= 0.3 is 0 Å². The molecule has 8 heteroatoms. The Bertz CT molecular complexity index is 942. The Morgan fingerprint density at radius 1 is 1.36 bits per heavy atom. The molecule has 3 aromatic rings. The second-order valence-electron chi connectivity index (χ2n) is 6.61. The maximum absolute atomic E-state index is 13.1. The van der Waals surface area contributed by atoms with Gasteiger partial charge in [0.05, 0.1) is 18.3 Å². The minimum absolute atomic E-state index is 0.256. The van der Waals surface area contributed by atoms with E-state index in [4.69, 9.17) is 4.74 Å². The van der Waals surface area contributed by atoms with Crippen molar-refractivity contribution in [2.45, 2.75) is 26.3 Å². The third-order valence-electron chi connectivity index (χ3n) is 3.53. The zero-order valence-electron chi connectivity index (χ0n) is 14.3. The van der Waals surface area contributed by atoms with Crippen LogP contribution in [0.4, 0.5) is 10.3 Å². The molecular formula is C17H20FN5O2. The molecule has 0 saturated heterocycles. The Morgan fingerprint density at radius 3 is 2.88 bits per heavy atom. The van der Waals surface area contributed by atoms with Crippen LogP contribution in [0.25, 0.3) is 11.0 Å². The summed E-state index contributed by atoms with van der Waals surface area (Å²) in [5.41, 5.74) is -0.0285. The van der Waals surface area contributed by atoms with Crippen molar-refractivity contribution in [2.24, 2.45) is 0 Å². The maximum Gasteiger partial charge on any atom is 0.263 e. The van der Waals surface area contributed by atoms with Gasteiger partial charge in [-0.05, 0) is 32.9 Å². The standard InChI is InChI=1S/C17H20FN5O2/c1-17(2,3)23-14-13(10-20-23)15(24)22-16(21-14)19-7-8-25-12-6-4-5-11(18)9-12/h4-6,9-10H,7-8H2,1-3H3,(H2,19,21,22,24). The van der Waals surface area contributed by atoms with E-state index in [-0.39, 0.29) is 16.9 Å². The third-order valence-corrected chi connectivity index (χ3v) is 3.53. The van der Waals surface area contributed by atoms with Crippen LogP contribution in [0, 0.1) is 5.82 Å². The van der Waals surface area contributed by atoms with Crippen molar-refractivity contribution in [3.8, 4) is 5.75 Å². The first kappa shape index (κ1) is 16.9. The van der Waals surface area contributed by atoms with Gasteiger partial charge in [-0.15, -0.1) is 0 Å². The number of ether oxygens (including phenoxy) is 1. The zero-order valence-corrected chi connectivity index (χ0v) is 14.3. The molecular weight excluding hydrogens is 325 g/mol. The molecule has 0 amide bonds. The van der Waals surface area contributed by atoms with Crippen LogP contribution in [-0.2, 0) is 5.54 Å². The summed E-state index contributed by atoms with van der Waals surface area (Å²) in [6.45, 7) is 6.66. The molecule has 0 aliphatic rings. The fraction of sp³-hybridized carbons (Fsp3) is 0.353. The monoisotopic (exact) mass is 345 g/mol. The van der Waals surface area contributed by atoms with Crippen molar-refractivity contribution in [3.05, 3.63) is 46.6 Å². The number of rotatable bonds is 5. The fourth-order valence-electron chi connectivity index (χ4n) is 2.39. The maximum atomic E-state index is 13.1. The Hall–Kier alpha value is -2.90. The molecule has 0 atom stereocenters. The van der Waals surface area contributed by atoms with Gasteiger partial charge in [0.15, 0.2) is 5.65 Å². The highest BCUT2D eigenvalue weighted by molar-refractivity contribution is 5.74. The lowest BCUT2D eigenvalue weighted by molar-refractivity contribution is 0.330. The lowest BCUT2D eigenvalue weighted by atomic mass is 10.1. The van der Waals surface area contributed by atoms with E-state index in [1.54, 1.807) is 16.8 Å². The summed E-state index contributed by atoms with van der Waals surface area (Å²) < 4.78 is 20.2. The zero-order chi connectivity index (χ0) is 18.0. The Balaban J connectivity index is 1.70. The number of hydrogen-bond donors (Lipinski definition) is 2. The summed E-state index contributed by atoms with van der Waals surface area (Å²) in [7, 11) is 0. The highest BCUT2D eigenvalue weighted by atomic mass is 19.1. The highest BCUT2D eigenvalue weighted by Gasteiger charge is 2.19. The molecule has 7 nitrogen and oxygen atoms in total. The van der Waals surface area contributed by atoms with Crippen LogP contribution < -0.4 is 15.6 Å². The van der Waals surface area contributed by atoms with Gasteiger partial charge in [-0.2, -0.15) is 10.1 Å². The first-order chi connectivity index (χ1) is 11.8. The van der Waals surface area contributed by atoms with Crippen molar-refractivity contribution in [1.29, 1.82) is 0 Å². The van der Waals surface area contributed by atoms with Gasteiger partial charge < -0.3 is 10.1 Å². The molecule has 0 unspecified atom stereocenters. The van der Waals surface area contributed by atoms with Crippen LogP contribution in [0.5, 0.6) is 5.75 Å². The molecule has 0 bridgehead atoms. The molecule has 25 heavy (non-hydrogen) atoms. The molecule has 2 heterocycles. The number of benzene rings is 1. The van der Waals surface area contributed by atoms with Crippen molar-refractivity contribution >= 4 is 17.0 Å². The number of fused-ring (bicyclic) bond motifs is 1. The van der Waals surface area contributed by atoms with Crippen molar-refractivity contribution in [3.63, 3.8) is 0 Å². The SMILES string of the molecule is CC(C)(C)n1ncc2c(=O)[nH]c(NCCOc3cccc(F)c3)nc21. The lowest BCUT2D eigenvalue weighted by Crippen LogP contribution is -2.24. The molecule has 3 rings (SSSR count). The quantitative estimate of drug-likeness (QED) is 0.694. The van der Waals surface area contributed by atoms with E-state index >= 15 is 0 Å². The van der Waals surface area contributed by atoms with Crippen molar-refractivity contribution in [2.75, 3.05) is 18.5 Å². The van der Waals surface area contributed by atoms with Crippen molar-refractivity contribution < 1.29 is 9.13 Å². The van der Waals surface area contributed by atoms with Crippen LogP contribution in [0.3, 0.4) is 0 Å². The molecule has 132 valence electrons. The summed E-state index contributed by atoms with van der Waals surface area (Å²) in [6, 6.07) is 5.93. The second-order valence-corrected chi connectivity index (χ2v) is 6.61. The number of hydrogen-bond acceptors (Lipinski definition) is 5. The first-order valence-electron chi connectivity index (χ1n) is 7.95. The Morgan fingerprint density at radius 2 is 2.16 bits per heavy atom. The van der Waals surface area contributed by atoms with Gasteiger partial charge in [-0.3, -0.25) is 9.78 Å². The van der Waals surface area contributed by atoms with E-state index in [0.29, 0.717) is 35.9 Å². The van der Waals surface area contributed by atoms with E-state index in [9.17, 15) is 9.18 Å². The molecule has 0 aliphatic carbocycles. The predicted octanol–water partition coefficient (Wildman–Crippen LogP) is 2.50. The smallest absolute Gasteiger partial charge is 0.263 e. The number of aromatic nitrogens is 4. The summed E-state index contributed by atoms with van der Waals surface area (Å²) >= 11 is 0. The van der Waals surface area contributed by atoms with Gasteiger partial charge in [0.2, 0.25) is 5.95 Å². The van der Waals surface area contributed by atoms with Crippen LogP contribution in [0.2, 0.25) is 0 Å². The van der Waals surface area contributed by atoms with E-state index in [0.717, 1.165) is 0 Å². The fourth-order valence-corrected chi connectivity index (χ4v) is 2.39. The largest absolute Gasteiger partial charge is 0.492 e. The molecule has 0 fully saturated rings. The van der Waals surface area contributed by atoms with Gasteiger partial charge in [0.1, 0.15) is 23.6 Å². The first-order valence-corrected chi connectivity index (χ1v) is 7.95. The minimum Gasteiger partial charge on any atom is -0.492 e. The normalized spacial score (nSPS) is 11.7. The minimum atomic E-state index is -0.350. The number of nitrogens with zero attached hydrogens (tertiary/aromatic N) is 3. The predicted molar refractivity (Wildman–Crippen MR) is 93.5 cm³/mol. The van der Waals surface area contributed by atoms with Gasteiger partial charge in [0.25, 0.3) is 5.56 Å². The number of anilines is 1. The molecule has 0 spiro atoms. The van der Waals surface area contributed by atoms with E-state index < -0.39 is 0 Å². The summed E-state index contributed by atoms with van der Waals surface area (Å²) in [4.78, 5) is 19.3. The van der Waals surface area contributed by atoms with Gasteiger partial charge in [-0.1, -0.05) is 6.07 Å². The van der Waals surface area contributed by atoms with Crippen LogP contribution in [0.1, 0.15) is 20.8 Å². The molecule has 0 saturated carbocycles. The van der Waals surface area contributed by atoms with Crippen LogP contribution >= 0.6 is 0 Å². The van der Waals surface area contributed by atoms with E-state index in [1.165, 1.54) is 18.3 Å². The average Bonchev–Trinajstić information content (AvgIpc) is 2.96. The van der Waals surface area contributed by atoms with Crippen molar-refractivity contribution in [1.82, 2.24) is 19.7 Å². The molecule has 0 aliphatic heterocycles. The topological polar surface area (TPSA) is 84.8 Å². The van der Waals surface area contributed by atoms with Crippen LogP contribution in [-0.4, -0.2) is 32.9 Å². The number of aromatic amines is 1. The molecule has 2 N–H and O–H groups in total. The average molecular weight is 345 g/mol. The highest BCUT2D eigenvalue weighted by Crippen LogP contribution is 2.18. The van der Waals surface area contributed by atoms with Gasteiger partial charge in [-0.25, -0.2) is 9.07 Å². The van der Waals surface area contributed by atoms with Gasteiger partial charge in [0, 0.05) is 6.07 Å². The Kier molecular flexibility index (Phi) is 4.43. The number of H-pyrrole nitrogens is 1. The summed E-state index contributed by atoms with van der Waals surface area (Å²) in [6.07, 6.45) is 1.52. The van der Waals surface area contributed by atoms with E-state index in [1.807, 2.05) is 20.8 Å². The third kappa shape index (κ3) is 3.78. The van der Waals surface area contributed by atoms with E-state index in [2.05, 4.69) is 20.4 Å². The Labute approximate surface area is 143 Å².